The van der Waals surface area contributed by atoms with Crippen molar-refractivity contribution in [3.05, 3.63) is 101 Å². The number of carbonyl (C=O) groups excluding carboxylic acids is 1. The number of thiophene rings is 2. The van der Waals surface area contributed by atoms with Gasteiger partial charge in [0.05, 0.1) is 0 Å². The first-order chi connectivity index (χ1) is 23.7. The van der Waals surface area contributed by atoms with Gasteiger partial charge in [0.15, 0.2) is 5.78 Å². The fraction of sp³-hybridized carbons (Fsp3) is 0.378. The molecule has 0 aliphatic carbocycles. The standard InChI is InChI=1S/C30H24NS2.C15H28O2.Ir/c1-18-13-20-9-10-21(16-26(20)32-18)27-17-22-11-12-31-28(29(22)33-27)23-14-19-7-5-6-8-24(19)25(15-23)30(2,3)4;1-7-14(5,8-2)12(16)11-13(17)15(6,9-3)10-4;/h5-13,15-17H,1-4H3;11,16H,7-10H2,1-6H3;/q-1;;/b;12-11-;. The molecule has 0 bridgehead atoms. The number of aromatic nitrogens is 1. The van der Waals surface area contributed by atoms with Gasteiger partial charge in [0.25, 0.3) is 0 Å². The topological polar surface area (TPSA) is 50.2 Å². The molecule has 0 aliphatic rings. The predicted octanol–water partition coefficient (Wildman–Crippen LogP) is 14.1. The number of hydrogen-bond acceptors (Lipinski definition) is 5. The van der Waals surface area contributed by atoms with Crippen LogP contribution < -0.4 is 0 Å². The Morgan fingerprint density at radius 3 is 2.14 bits per heavy atom. The van der Waals surface area contributed by atoms with Crippen LogP contribution in [0.25, 0.3) is 52.6 Å². The Balaban J connectivity index is 0.000000279. The third-order valence-electron chi connectivity index (χ3n) is 10.8. The molecule has 3 nitrogen and oxygen atoms in total. The van der Waals surface area contributed by atoms with E-state index >= 15 is 0 Å². The largest absolute Gasteiger partial charge is 0.512 e. The molecular weight excluding hydrogens is 843 g/mol. The minimum Gasteiger partial charge on any atom is -0.512 e. The number of allylic oxidation sites excluding steroid dienone is 2. The van der Waals surface area contributed by atoms with E-state index in [0.717, 1.165) is 42.3 Å². The molecule has 1 N–H and O–H groups in total. The van der Waals surface area contributed by atoms with Crippen LogP contribution in [0.4, 0.5) is 0 Å². The fourth-order valence-electron chi connectivity index (χ4n) is 6.28. The molecule has 6 rings (SSSR count). The van der Waals surface area contributed by atoms with Crippen molar-refractivity contribution >= 4 is 59.4 Å². The summed E-state index contributed by atoms with van der Waals surface area (Å²) in [6, 6.07) is 28.0. The van der Waals surface area contributed by atoms with Crippen LogP contribution in [0, 0.1) is 23.8 Å². The average molecular weight is 895 g/mol. The van der Waals surface area contributed by atoms with E-state index in [-0.39, 0.29) is 47.9 Å². The van der Waals surface area contributed by atoms with Gasteiger partial charge in [0.1, 0.15) is 5.76 Å². The average Bonchev–Trinajstić information content (AvgIpc) is 3.72. The first-order valence-corrected chi connectivity index (χ1v) is 19.6. The molecule has 271 valence electrons. The van der Waals surface area contributed by atoms with Crippen LogP contribution in [0.1, 0.15) is 98.4 Å². The Kier molecular flexibility index (Phi) is 12.9. The first kappa shape index (κ1) is 40.6. The summed E-state index contributed by atoms with van der Waals surface area (Å²) in [6.07, 6.45) is 6.68. The second-order valence-corrected chi connectivity index (χ2v) is 17.5. The zero-order valence-corrected chi connectivity index (χ0v) is 35.8. The third-order valence-corrected chi connectivity index (χ3v) is 13.0. The summed E-state index contributed by atoms with van der Waals surface area (Å²) in [6.45, 7) is 21.1. The summed E-state index contributed by atoms with van der Waals surface area (Å²) in [5.74, 6) is 0.286. The number of hydrogen-bond donors (Lipinski definition) is 1. The van der Waals surface area contributed by atoms with Crippen molar-refractivity contribution < 1.29 is 30.0 Å². The number of aryl methyl sites for hydroxylation is 1. The van der Waals surface area contributed by atoms with E-state index in [1.807, 2.05) is 70.4 Å². The quantitative estimate of drug-likeness (QED) is 0.0894. The van der Waals surface area contributed by atoms with Crippen molar-refractivity contribution in [1.82, 2.24) is 4.98 Å². The third kappa shape index (κ3) is 8.57. The number of ketones is 1. The zero-order chi connectivity index (χ0) is 36.4. The van der Waals surface area contributed by atoms with Crippen molar-refractivity contribution in [1.29, 1.82) is 0 Å². The molecule has 3 heterocycles. The fourth-order valence-corrected chi connectivity index (χ4v) is 8.40. The van der Waals surface area contributed by atoms with Gasteiger partial charge < -0.3 is 5.11 Å². The molecule has 0 amide bonds. The summed E-state index contributed by atoms with van der Waals surface area (Å²) in [5, 5.41) is 15.1. The Morgan fingerprint density at radius 1 is 0.824 bits per heavy atom. The molecule has 1 radical (unpaired) electrons. The maximum absolute atomic E-state index is 12.2. The molecule has 0 saturated carbocycles. The first-order valence-electron chi connectivity index (χ1n) is 18.0. The Hall–Kier alpha value is -3.15. The molecule has 3 aromatic heterocycles. The molecule has 0 atom stereocenters. The molecule has 6 heteroatoms. The predicted molar refractivity (Wildman–Crippen MR) is 219 cm³/mol. The molecule has 3 aromatic carbocycles. The van der Waals surface area contributed by atoms with Gasteiger partial charge in [-0.2, -0.15) is 0 Å². The summed E-state index contributed by atoms with van der Waals surface area (Å²) >= 11 is 3.69. The van der Waals surface area contributed by atoms with Gasteiger partial charge in [-0.1, -0.05) is 104 Å². The van der Waals surface area contributed by atoms with Gasteiger partial charge in [-0.25, -0.2) is 0 Å². The number of benzene rings is 3. The molecule has 0 fully saturated rings. The SMILES string of the molecule is CCC(C)(CC)C(=O)/C=C(\O)C(C)(CC)CC.Cc1cc2ccc(-c3cc4ccnc(-c5[c-]c6ccccc6c(C(C)(C)C)c5)c4s3)cc2s1.[Ir]. The van der Waals surface area contributed by atoms with Crippen LogP contribution in [0.5, 0.6) is 0 Å². The zero-order valence-electron chi connectivity index (χ0n) is 31.8. The number of rotatable bonds is 9. The van der Waals surface area contributed by atoms with Gasteiger partial charge in [0, 0.05) is 68.1 Å². The van der Waals surface area contributed by atoms with Crippen molar-refractivity contribution in [2.24, 2.45) is 10.8 Å². The van der Waals surface area contributed by atoms with Crippen molar-refractivity contribution in [2.75, 3.05) is 0 Å². The molecule has 6 aromatic rings. The van der Waals surface area contributed by atoms with E-state index in [2.05, 4.69) is 100 Å². The van der Waals surface area contributed by atoms with E-state index in [1.54, 1.807) is 0 Å². The summed E-state index contributed by atoms with van der Waals surface area (Å²) < 4.78 is 2.57. The van der Waals surface area contributed by atoms with Crippen molar-refractivity contribution in [3.8, 4) is 21.7 Å². The molecule has 0 unspecified atom stereocenters. The number of carbonyl (C=O) groups is 1. The maximum atomic E-state index is 12.2. The number of aliphatic hydroxyl groups excluding tert-OH is 1. The molecule has 0 saturated heterocycles. The smallest absolute Gasteiger partial charge is 0.164 e. The van der Waals surface area contributed by atoms with Crippen LogP contribution in [0.15, 0.2) is 84.8 Å². The normalized spacial score (nSPS) is 12.5. The molecule has 0 spiro atoms. The summed E-state index contributed by atoms with van der Waals surface area (Å²) in [4.78, 5) is 19.7. The molecular formula is C45H52IrNO2S2-. The van der Waals surface area contributed by atoms with Crippen molar-refractivity contribution in [3.63, 3.8) is 0 Å². The van der Waals surface area contributed by atoms with Gasteiger partial charge in [0.2, 0.25) is 0 Å². The number of aliphatic hydroxyl groups is 1. The Bertz CT molecular complexity index is 2170. The Labute approximate surface area is 326 Å². The second-order valence-electron chi connectivity index (χ2n) is 15.1. The van der Waals surface area contributed by atoms with E-state index in [4.69, 9.17) is 4.98 Å². The number of pyridine rings is 1. The van der Waals surface area contributed by atoms with Gasteiger partial charge in [-0.15, -0.1) is 51.8 Å². The van der Waals surface area contributed by atoms with Gasteiger partial charge >= 0.3 is 0 Å². The van der Waals surface area contributed by atoms with E-state index in [1.165, 1.54) is 52.5 Å². The van der Waals surface area contributed by atoms with Crippen LogP contribution in [0.2, 0.25) is 0 Å². The summed E-state index contributed by atoms with van der Waals surface area (Å²) in [7, 11) is 0. The van der Waals surface area contributed by atoms with Crippen molar-refractivity contribution in [2.45, 2.75) is 100 Å². The second kappa shape index (κ2) is 16.3. The van der Waals surface area contributed by atoms with Crippen LogP contribution >= 0.6 is 22.7 Å². The van der Waals surface area contributed by atoms with E-state index < -0.39 is 0 Å². The van der Waals surface area contributed by atoms with Gasteiger partial charge in [-0.3, -0.25) is 9.78 Å². The van der Waals surface area contributed by atoms with Crippen LogP contribution in [0.3, 0.4) is 0 Å². The molecule has 51 heavy (non-hydrogen) atoms. The summed E-state index contributed by atoms with van der Waals surface area (Å²) in [5.41, 5.74) is 4.13. The maximum Gasteiger partial charge on any atom is 0.164 e. The number of fused-ring (bicyclic) bond motifs is 3. The monoisotopic (exact) mass is 895 g/mol. The van der Waals surface area contributed by atoms with E-state index in [9.17, 15) is 9.90 Å². The number of nitrogens with zero attached hydrogens (tertiary/aromatic N) is 1. The van der Waals surface area contributed by atoms with Crippen LogP contribution in [-0.2, 0) is 30.3 Å². The van der Waals surface area contributed by atoms with E-state index in [0.29, 0.717) is 0 Å². The molecule has 0 aliphatic heterocycles. The minimum atomic E-state index is -0.337. The van der Waals surface area contributed by atoms with Gasteiger partial charge in [-0.05, 0) is 78.6 Å². The minimum absolute atomic E-state index is 0. The Morgan fingerprint density at radius 2 is 1.49 bits per heavy atom. The van der Waals surface area contributed by atoms with Crippen LogP contribution in [-0.4, -0.2) is 15.9 Å².